The van der Waals surface area contributed by atoms with E-state index in [1.165, 1.54) is 6.07 Å². The maximum atomic E-state index is 12.4. The first-order valence-electron chi connectivity index (χ1n) is 10.6. The van der Waals surface area contributed by atoms with E-state index < -0.39 is 0 Å². The summed E-state index contributed by atoms with van der Waals surface area (Å²) in [5, 5.41) is 0.590. The van der Waals surface area contributed by atoms with Crippen molar-refractivity contribution in [2.75, 3.05) is 39.4 Å². The zero-order chi connectivity index (χ0) is 21.7. The number of ether oxygens (including phenoxy) is 2. The van der Waals surface area contributed by atoms with Crippen molar-refractivity contribution >= 4 is 35.0 Å². The average Bonchev–Trinajstić information content (AvgIpc) is 2.73. The van der Waals surface area contributed by atoms with E-state index in [4.69, 9.17) is 32.7 Å². The summed E-state index contributed by atoms with van der Waals surface area (Å²) in [5.41, 5.74) is 0. The van der Waals surface area contributed by atoms with Gasteiger partial charge in [0.2, 0.25) is 0 Å². The monoisotopic (exact) mass is 456 g/mol. The lowest BCUT2D eigenvalue weighted by Crippen LogP contribution is -2.40. The fraction of sp³-hybridized carbons (Fsp3) is 0.636. The minimum absolute atomic E-state index is 0.0649. The smallest absolute Gasteiger partial charge is 0.260 e. The second-order valence-corrected chi connectivity index (χ2v) is 9.23. The van der Waals surface area contributed by atoms with Gasteiger partial charge in [-0.3, -0.25) is 9.59 Å². The molecule has 2 fully saturated rings. The molecule has 2 aliphatic heterocycles. The second-order valence-electron chi connectivity index (χ2n) is 8.42. The molecule has 2 amide bonds. The Morgan fingerprint density at radius 3 is 1.53 bits per heavy atom. The van der Waals surface area contributed by atoms with Crippen LogP contribution in [0.3, 0.4) is 0 Å². The zero-order valence-electron chi connectivity index (χ0n) is 17.7. The molecule has 1 aromatic carbocycles. The number of carbonyl (C=O) groups is 2. The quantitative estimate of drug-likeness (QED) is 0.641. The van der Waals surface area contributed by atoms with Crippen molar-refractivity contribution in [3.8, 4) is 11.5 Å². The Balaban J connectivity index is 1.54. The van der Waals surface area contributed by atoms with Crippen molar-refractivity contribution < 1.29 is 19.1 Å². The first-order chi connectivity index (χ1) is 14.3. The topological polar surface area (TPSA) is 59.1 Å². The van der Waals surface area contributed by atoms with Crippen LogP contribution in [-0.2, 0) is 9.59 Å². The van der Waals surface area contributed by atoms with Gasteiger partial charge in [0.1, 0.15) is 11.5 Å². The summed E-state index contributed by atoms with van der Waals surface area (Å²) >= 11 is 12.4. The SMILES string of the molecule is CC1CCN(C(=O)COc2cc(OCC(=O)N3CCC(C)CC3)c(Cl)cc2Cl)CC1. The number of hydrogen-bond donors (Lipinski definition) is 0. The number of carbonyl (C=O) groups excluding carboxylic acids is 2. The number of benzene rings is 1. The van der Waals surface area contributed by atoms with Gasteiger partial charge < -0.3 is 19.3 Å². The predicted octanol–water partition coefficient (Wildman–Crippen LogP) is 4.27. The van der Waals surface area contributed by atoms with Crippen molar-refractivity contribution in [2.45, 2.75) is 39.5 Å². The van der Waals surface area contributed by atoms with Crippen LogP contribution >= 0.6 is 23.2 Å². The van der Waals surface area contributed by atoms with Crippen LogP contribution in [0.4, 0.5) is 0 Å². The van der Waals surface area contributed by atoms with Crippen molar-refractivity contribution in [1.29, 1.82) is 0 Å². The number of likely N-dealkylation sites (tertiary alicyclic amines) is 2. The number of rotatable bonds is 6. The molecule has 2 saturated heterocycles. The molecule has 0 saturated carbocycles. The van der Waals surface area contributed by atoms with Crippen LogP contribution in [0, 0.1) is 11.8 Å². The molecule has 0 radical (unpaired) electrons. The van der Waals surface area contributed by atoms with Gasteiger partial charge in [-0.15, -0.1) is 0 Å². The summed E-state index contributed by atoms with van der Waals surface area (Å²) in [4.78, 5) is 28.4. The van der Waals surface area contributed by atoms with Gasteiger partial charge in [-0.1, -0.05) is 37.0 Å². The van der Waals surface area contributed by atoms with Crippen LogP contribution in [0.25, 0.3) is 0 Å². The van der Waals surface area contributed by atoms with E-state index in [2.05, 4.69) is 13.8 Å². The maximum absolute atomic E-state index is 12.4. The first kappa shape index (κ1) is 23.0. The van der Waals surface area contributed by atoms with Crippen molar-refractivity contribution in [2.24, 2.45) is 11.8 Å². The molecule has 0 unspecified atom stereocenters. The summed E-state index contributed by atoms with van der Waals surface area (Å²) in [6.07, 6.45) is 4.04. The van der Waals surface area contributed by atoms with Crippen LogP contribution in [0.1, 0.15) is 39.5 Å². The summed E-state index contributed by atoms with van der Waals surface area (Å²) in [6, 6.07) is 3.05. The molecule has 1 aromatic rings. The lowest BCUT2D eigenvalue weighted by atomic mass is 9.99. The molecular weight excluding hydrogens is 427 g/mol. The van der Waals surface area contributed by atoms with Gasteiger partial charge in [0.05, 0.1) is 10.0 Å². The van der Waals surface area contributed by atoms with Crippen LogP contribution in [0.5, 0.6) is 11.5 Å². The zero-order valence-corrected chi connectivity index (χ0v) is 19.2. The number of amides is 2. The van der Waals surface area contributed by atoms with Gasteiger partial charge >= 0.3 is 0 Å². The minimum atomic E-state index is -0.0972. The highest BCUT2D eigenvalue weighted by Gasteiger charge is 2.23. The van der Waals surface area contributed by atoms with Gasteiger partial charge in [-0.2, -0.15) is 0 Å². The van der Waals surface area contributed by atoms with E-state index in [1.807, 2.05) is 9.80 Å². The van der Waals surface area contributed by atoms with Gasteiger partial charge in [-0.25, -0.2) is 0 Å². The lowest BCUT2D eigenvalue weighted by molar-refractivity contribution is -0.135. The Kier molecular flexibility index (Phi) is 8.12. The summed E-state index contributed by atoms with van der Waals surface area (Å²) in [5.74, 6) is 1.80. The molecule has 0 bridgehead atoms. The van der Waals surface area contributed by atoms with Crippen LogP contribution < -0.4 is 9.47 Å². The molecule has 0 atom stereocenters. The minimum Gasteiger partial charge on any atom is -0.482 e. The highest BCUT2D eigenvalue weighted by atomic mass is 35.5. The number of halogens is 2. The van der Waals surface area contributed by atoms with Gasteiger partial charge in [0, 0.05) is 32.2 Å². The maximum Gasteiger partial charge on any atom is 0.260 e. The number of piperidine rings is 2. The van der Waals surface area contributed by atoms with E-state index in [0.29, 0.717) is 33.4 Å². The molecule has 0 N–H and O–H groups in total. The summed E-state index contributed by atoms with van der Waals surface area (Å²) in [6.45, 7) is 7.22. The fourth-order valence-electron chi connectivity index (χ4n) is 3.71. The van der Waals surface area contributed by atoms with Crippen LogP contribution in [0.2, 0.25) is 10.0 Å². The molecule has 166 valence electrons. The van der Waals surface area contributed by atoms with Gasteiger partial charge in [0.25, 0.3) is 11.8 Å². The van der Waals surface area contributed by atoms with Gasteiger partial charge in [0.15, 0.2) is 13.2 Å². The fourth-order valence-corrected chi connectivity index (χ4v) is 4.20. The van der Waals surface area contributed by atoms with E-state index in [-0.39, 0.29) is 25.0 Å². The lowest BCUT2D eigenvalue weighted by Gasteiger charge is -2.30. The summed E-state index contributed by atoms with van der Waals surface area (Å²) < 4.78 is 11.3. The Bertz CT molecular complexity index is 698. The Hall–Kier alpha value is -1.66. The molecule has 0 aliphatic carbocycles. The second kappa shape index (κ2) is 10.6. The Labute approximate surface area is 188 Å². The molecule has 8 heteroatoms. The molecule has 2 heterocycles. The highest BCUT2D eigenvalue weighted by molar-refractivity contribution is 6.36. The molecule has 3 rings (SSSR count). The third-order valence-electron chi connectivity index (χ3n) is 5.96. The summed E-state index contributed by atoms with van der Waals surface area (Å²) in [7, 11) is 0. The molecule has 30 heavy (non-hydrogen) atoms. The van der Waals surface area contributed by atoms with Crippen LogP contribution in [0.15, 0.2) is 12.1 Å². The number of nitrogens with zero attached hydrogens (tertiary/aromatic N) is 2. The molecule has 2 aliphatic rings. The van der Waals surface area contributed by atoms with Gasteiger partial charge in [-0.05, 0) is 43.6 Å². The normalized spacial score (nSPS) is 18.4. The van der Waals surface area contributed by atoms with E-state index >= 15 is 0 Å². The highest BCUT2D eigenvalue weighted by Crippen LogP contribution is 2.36. The van der Waals surface area contributed by atoms with Crippen molar-refractivity contribution in [1.82, 2.24) is 9.80 Å². The third kappa shape index (κ3) is 6.17. The average molecular weight is 457 g/mol. The molecule has 6 nitrogen and oxygen atoms in total. The molecule has 0 aromatic heterocycles. The van der Waals surface area contributed by atoms with Crippen LogP contribution in [-0.4, -0.2) is 61.0 Å². The van der Waals surface area contributed by atoms with Crippen molar-refractivity contribution in [3.05, 3.63) is 22.2 Å². The van der Waals surface area contributed by atoms with E-state index in [1.54, 1.807) is 6.07 Å². The Morgan fingerprint density at radius 1 is 0.800 bits per heavy atom. The van der Waals surface area contributed by atoms with Crippen molar-refractivity contribution in [3.63, 3.8) is 0 Å². The number of hydrogen-bond acceptors (Lipinski definition) is 4. The molecular formula is C22H30Cl2N2O4. The van der Waals surface area contributed by atoms with E-state index in [0.717, 1.165) is 51.9 Å². The largest absolute Gasteiger partial charge is 0.482 e. The third-order valence-corrected chi connectivity index (χ3v) is 6.55. The standard InChI is InChI=1S/C22H30Cl2N2O4/c1-15-3-7-25(8-4-15)21(27)13-29-19-12-20(18(24)11-17(19)23)30-14-22(28)26-9-5-16(2)6-10-26/h11-12,15-16H,3-10,13-14H2,1-2H3. The predicted molar refractivity (Wildman–Crippen MR) is 117 cm³/mol. The Morgan fingerprint density at radius 2 is 1.17 bits per heavy atom. The first-order valence-corrected chi connectivity index (χ1v) is 11.4. The molecule has 0 spiro atoms. The van der Waals surface area contributed by atoms with E-state index in [9.17, 15) is 9.59 Å².